The summed E-state index contributed by atoms with van der Waals surface area (Å²) in [7, 11) is 0. The van der Waals surface area contributed by atoms with Crippen LogP contribution in [0, 0.1) is 5.41 Å². The van der Waals surface area contributed by atoms with Crippen LogP contribution in [0.2, 0.25) is 5.02 Å². The van der Waals surface area contributed by atoms with Crippen LogP contribution in [0.3, 0.4) is 0 Å². The molecule has 1 aromatic carbocycles. The Morgan fingerprint density at radius 1 is 1.25 bits per heavy atom. The van der Waals surface area contributed by atoms with Crippen LogP contribution in [0.5, 0.6) is 0 Å². The van der Waals surface area contributed by atoms with Gasteiger partial charge in [0.15, 0.2) is 0 Å². The van der Waals surface area contributed by atoms with Gasteiger partial charge in [-0.05, 0) is 30.5 Å². The van der Waals surface area contributed by atoms with Gasteiger partial charge >= 0.3 is 0 Å². The zero-order chi connectivity index (χ0) is 11.4. The van der Waals surface area contributed by atoms with Crippen LogP contribution in [-0.4, -0.2) is 11.9 Å². The van der Waals surface area contributed by atoms with E-state index in [-0.39, 0.29) is 0 Å². The van der Waals surface area contributed by atoms with Crippen molar-refractivity contribution in [1.82, 2.24) is 0 Å². The van der Waals surface area contributed by atoms with Gasteiger partial charge in [-0.3, -0.25) is 0 Å². The van der Waals surface area contributed by atoms with Gasteiger partial charge < -0.3 is 4.74 Å². The second kappa shape index (κ2) is 5.52. The smallest absolute Gasteiger partial charge is 0.0717 e. The largest absolute Gasteiger partial charge is 0.376 e. The van der Waals surface area contributed by atoms with Gasteiger partial charge in [-0.1, -0.05) is 46.1 Å². The van der Waals surface area contributed by atoms with E-state index in [4.69, 9.17) is 16.3 Å². The van der Waals surface area contributed by atoms with E-state index in [1.54, 1.807) is 0 Å². The maximum absolute atomic E-state index is 5.83. The zero-order valence-corrected chi connectivity index (χ0v) is 11.6. The van der Waals surface area contributed by atoms with Gasteiger partial charge in [0.1, 0.15) is 0 Å². The lowest BCUT2D eigenvalue weighted by atomic mass is 9.71. The first kappa shape index (κ1) is 12.4. The molecule has 0 radical (unpaired) electrons. The summed E-state index contributed by atoms with van der Waals surface area (Å²) in [6.45, 7) is 1.55. The Balaban J connectivity index is 1.77. The number of rotatable bonds is 5. The summed E-state index contributed by atoms with van der Waals surface area (Å²) >= 11 is 9.41. The van der Waals surface area contributed by atoms with Crippen LogP contribution in [0.15, 0.2) is 24.3 Å². The molecule has 3 heteroatoms. The molecule has 16 heavy (non-hydrogen) atoms. The number of hydrogen-bond acceptors (Lipinski definition) is 1. The Hall–Kier alpha value is -0.0500. The Bertz CT molecular complexity index is 327. The minimum Gasteiger partial charge on any atom is -0.376 e. The van der Waals surface area contributed by atoms with E-state index in [0.717, 1.165) is 17.0 Å². The molecule has 0 heterocycles. The second-order valence-corrected chi connectivity index (χ2v) is 5.60. The molecule has 0 aromatic heterocycles. The van der Waals surface area contributed by atoms with Gasteiger partial charge in [0.2, 0.25) is 0 Å². The van der Waals surface area contributed by atoms with Crippen molar-refractivity contribution >= 4 is 27.5 Å². The third-order valence-corrected chi connectivity index (χ3v) is 4.73. The van der Waals surface area contributed by atoms with Crippen molar-refractivity contribution in [3.8, 4) is 0 Å². The molecule has 0 spiro atoms. The standard InChI is InChI=1S/C13H16BrClO/c14-9-13(6-1-7-13)10-16-8-11-2-4-12(15)5-3-11/h2-5H,1,6-10H2. The lowest BCUT2D eigenvalue weighted by Gasteiger charge is -2.40. The molecule has 1 nitrogen and oxygen atoms in total. The molecule has 2 rings (SSSR count). The third kappa shape index (κ3) is 2.99. The molecule has 0 N–H and O–H groups in total. The van der Waals surface area contributed by atoms with E-state index >= 15 is 0 Å². The number of benzene rings is 1. The first-order chi connectivity index (χ1) is 7.74. The highest BCUT2D eigenvalue weighted by molar-refractivity contribution is 9.09. The SMILES string of the molecule is Clc1ccc(COCC2(CBr)CCC2)cc1. The first-order valence-corrected chi connectivity index (χ1v) is 7.12. The maximum atomic E-state index is 5.83. The van der Waals surface area contributed by atoms with Crippen molar-refractivity contribution in [2.75, 3.05) is 11.9 Å². The highest BCUT2D eigenvalue weighted by Crippen LogP contribution is 2.42. The van der Waals surface area contributed by atoms with Crippen LogP contribution >= 0.6 is 27.5 Å². The molecule has 0 unspecified atom stereocenters. The van der Waals surface area contributed by atoms with Crippen molar-refractivity contribution in [2.45, 2.75) is 25.9 Å². The van der Waals surface area contributed by atoms with Gasteiger partial charge in [0.05, 0.1) is 13.2 Å². The minimum atomic E-state index is 0.409. The van der Waals surface area contributed by atoms with Gasteiger partial charge in [-0.2, -0.15) is 0 Å². The van der Waals surface area contributed by atoms with Crippen LogP contribution in [0.1, 0.15) is 24.8 Å². The topological polar surface area (TPSA) is 9.23 Å². The molecule has 0 saturated heterocycles. The summed E-state index contributed by atoms with van der Waals surface area (Å²) in [4.78, 5) is 0. The molecular weight excluding hydrogens is 287 g/mol. The fourth-order valence-electron chi connectivity index (χ4n) is 1.96. The summed E-state index contributed by atoms with van der Waals surface area (Å²) in [6.07, 6.45) is 3.92. The Labute approximate surface area is 110 Å². The average Bonchev–Trinajstić information content (AvgIpc) is 2.25. The third-order valence-electron chi connectivity index (χ3n) is 3.29. The van der Waals surface area contributed by atoms with E-state index < -0.39 is 0 Å². The Morgan fingerprint density at radius 2 is 1.94 bits per heavy atom. The summed E-state index contributed by atoms with van der Waals surface area (Å²) in [5.74, 6) is 0. The molecule has 1 aromatic rings. The number of halogens is 2. The highest BCUT2D eigenvalue weighted by atomic mass is 79.9. The lowest BCUT2D eigenvalue weighted by molar-refractivity contribution is 0.00272. The van der Waals surface area contributed by atoms with Gasteiger partial charge in [0.25, 0.3) is 0 Å². The molecule has 1 saturated carbocycles. The van der Waals surface area contributed by atoms with E-state index in [1.807, 2.05) is 24.3 Å². The fourth-order valence-corrected chi connectivity index (χ4v) is 2.81. The average molecular weight is 304 g/mol. The molecular formula is C13H16BrClO. The van der Waals surface area contributed by atoms with Crippen LogP contribution < -0.4 is 0 Å². The minimum absolute atomic E-state index is 0.409. The van der Waals surface area contributed by atoms with Crippen molar-refractivity contribution in [3.05, 3.63) is 34.9 Å². The normalized spacial score (nSPS) is 18.1. The maximum Gasteiger partial charge on any atom is 0.0717 e. The predicted molar refractivity (Wildman–Crippen MR) is 71.2 cm³/mol. The molecule has 1 aliphatic rings. The van der Waals surface area contributed by atoms with Crippen molar-refractivity contribution in [2.24, 2.45) is 5.41 Å². The molecule has 0 aliphatic heterocycles. The quantitative estimate of drug-likeness (QED) is 0.732. The molecule has 0 amide bonds. The van der Waals surface area contributed by atoms with Gasteiger partial charge in [-0.25, -0.2) is 0 Å². The zero-order valence-electron chi connectivity index (χ0n) is 9.22. The monoisotopic (exact) mass is 302 g/mol. The number of hydrogen-bond donors (Lipinski definition) is 0. The second-order valence-electron chi connectivity index (χ2n) is 4.61. The Kier molecular flexibility index (Phi) is 4.28. The highest BCUT2D eigenvalue weighted by Gasteiger charge is 2.35. The first-order valence-electron chi connectivity index (χ1n) is 5.62. The van der Waals surface area contributed by atoms with E-state index in [0.29, 0.717) is 12.0 Å². The van der Waals surface area contributed by atoms with E-state index in [1.165, 1.54) is 24.8 Å². The predicted octanol–water partition coefficient (Wildman–Crippen LogP) is 4.42. The van der Waals surface area contributed by atoms with Gasteiger partial charge in [0, 0.05) is 15.8 Å². The Morgan fingerprint density at radius 3 is 2.44 bits per heavy atom. The van der Waals surface area contributed by atoms with Crippen LogP contribution in [-0.2, 0) is 11.3 Å². The summed E-state index contributed by atoms with van der Waals surface area (Å²) in [5, 5.41) is 1.83. The van der Waals surface area contributed by atoms with Crippen molar-refractivity contribution in [3.63, 3.8) is 0 Å². The van der Waals surface area contributed by atoms with Gasteiger partial charge in [-0.15, -0.1) is 0 Å². The molecule has 0 atom stereocenters. The lowest BCUT2D eigenvalue weighted by Crippen LogP contribution is -2.35. The van der Waals surface area contributed by atoms with Crippen LogP contribution in [0.4, 0.5) is 0 Å². The molecule has 1 aliphatic carbocycles. The van der Waals surface area contributed by atoms with Crippen molar-refractivity contribution in [1.29, 1.82) is 0 Å². The van der Waals surface area contributed by atoms with E-state index in [2.05, 4.69) is 15.9 Å². The number of ether oxygens (including phenoxy) is 1. The van der Waals surface area contributed by atoms with Crippen molar-refractivity contribution < 1.29 is 4.74 Å². The summed E-state index contributed by atoms with van der Waals surface area (Å²) in [6, 6.07) is 7.85. The molecule has 88 valence electrons. The fraction of sp³-hybridized carbons (Fsp3) is 0.538. The van der Waals surface area contributed by atoms with Crippen LogP contribution in [0.25, 0.3) is 0 Å². The summed E-state index contributed by atoms with van der Waals surface area (Å²) in [5.41, 5.74) is 1.60. The molecule has 0 bridgehead atoms. The summed E-state index contributed by atoms with van der Waals surface area (Å²) < 4.78 is 5.78. The van der Waals surface area contributed by atoms with E-state index in [9.17, 15) is 0 Å². The number of alkyl halides is 1. The molecule has 1 fully saturated rings.